The summed E-state index contributed by atoms with van der Waals surface area (Å²) in [6.07, 6.45) is 6.42. The summed E-state index contributed by atoms with van der Waals surface area (Å²) in [5.74, 6) is 1.41. The van der Waals surface area contributed by atoms with Crippen LogP contribution in [0.2, 0.25) is 0 Å². The highest BCUT2D eigenvalue weighted by molar-refractivity contribution is 5.96. The van der Waals surface area contributed by atoms with Gasteiger partial charge in [-0.3, -0.25) is 4.79 Å². The lowest BCUT2D eigenvalue weighted by Gasteiger charge is -2.33. The number of nitrogens with zero attached hydrogens (tertiary/aromatic N) is 4. The van der Waals surface area contributed by atoms with Crippen LogP contribution in [0, 0.1) is 11.3 Å². The van der Waals surface area contributed by atoms with Crippen LogP contribution in [0.3, 0.4) is 0 Å². The number of nitrogens with one attached hydrogen (secondary N) is 1. The second kappa shape index (κ2) is 9.19. The Morgan fingerprint density at radius 1 is 1.29 bits per heavy atom. The average molecular weight is 476 g/mol. The summed E-state index contributed by atoms with van der Waals surface area (Å²) < 4.78 is 11.9. The maximum Gasteiger partial charge on any atom is 0.230 e. The fourth-order valence-corrected chi connectivity index (χ4v) is 4.93. The van der Waals surface area contributed by atoms with Crippen LogP contribution in [0.25, 0.3) is 5.57 Å². The topological polar surface area (TPSA) is 121 Å². The third kappa shape index (κ3) is 4.66. The van der Waals surface area contributed by atoms with Crippen molar-refractivity contribution in [2.45, 2.75) is 63.6 Å². The number of hydrogen-bond acceptors (Lipinski definition) is 8. The van der Waals surface area contributed by atoms with Crippen molar-refractivity contribution in [2.24, 2.45) is 0 Å². The molecule has 1 amide bonds. The lowest BCUT2D eigenvalue weighted by Crippen LogP contribution is -2.35. The predicted molar refractivity (Wildman–Crippen MR) is 131 cm³/mol. The highest BCUT2D eigenvalue weighted by atomic mass is 16.5. The van der Waals surface area contributed by atoms with E-state index < -0.39 is 5.60 Å². The molecule has 2 N–H and O–H groups in total. The first-order chi connectivity index (χ1) is 16.9. The van der Waals surface area contributed by atoms with Crippen molar-refractivity contribution in [1.29, 1.82) is 5.26 Å². The molecule has 2 fully saturated rings. The van der Waals surface area contributed by atoms with E-state index in [0.717, 1.165) is 17.8 Å². The number of aromatic nitrogens is 2. The van der Waals surface area contributed by atoms with Crippen molar-refractivity contribution in [1.82, 2.24) is 9.97 Å². The van der Waals surface area contributed by atoms with E-state index in [4.69, 9.17) is 9.47 Å². The molecule has 1 saturated heterocycles. The Kier molecular flexibility index (Phi) is 6.07. The first-order valence-corrected chi connectivity index (χ1v) is 12.0. The van der Waals surface area contributed by atoms with Crippen molar-refractivity contribution >= 4 is 28.8 Å². The number of amides is 1. The number of carbonyl (C=O) groups is 1. The molecule has 1 saturated carbocycles. The Hall–Kier alpha value is -3.64. The van der Waals surface area contributed by atoms with Crippen LogP contribution in [0.4, 0.5) is 17.3 Å². The number of anilines is 3. The summed E-state index contributed by atoms with van der Waals surface area (Å²) in [5.41, 5.74) is 2.68. The minimum absolute atomic E-state index is 0.0885. The second-order valence-electron chi connectivity index (χ2n) is 9.58. The molecule has 0 spiro atoms. The molecular weight excluding hydrogens is 446 g/mol. The van der Waals surface area contributed by atoms with Gasteiger partial charge >= 0.3 is 0 Å². The molecule has 9 nitrogen and oxygen atoms in total. The number of ether oxygens (including phenoxy) is 2. The SMILES string of the molecule is COc1cc(N2CCCC2=O)ccc1Nc1nc2c(c(O[C@H]3CC[C@@](C)(O)CC3)n1)C(C#N)=CC2. The molecule has 35 heavy (non-hydrogen) atoms. The number of rotatable bonds is 6. The summed E-state index contributed by atoms with van der Waals surface area (Å²) in [4.78, 5) is 23.2. The Labute approximate surface area is 204 Å². The molecule has 3 aliphatic rings. The zero-order chi connectivity index (χ0) is 24.6. The van der Waals surface area contributed by atoms with E-state index >= 15 is 0 Å². The van der Waals surface area contributed by atoms with Gasteiger partial charge in [-0.2, -0.15) is 10.2 Å². The van der Waals surface area contributed by atoms with Gasteiger partial charge in [-0.05, 0) is 51.2 Å². The van der Waals surface area contributed by atoms with Crippen LogP contribution in [0.15, 0.2) is 24.3 Å². The van der Waals surface area contributed by atoms with Gasteiger partial charge in [0.1, 0.15) is 11.9 Å². The molecule has 1 aromatic heterocycles. The van der Waals surface area contributed by atoms with Crippen molar-refractivity contribution in [3.8, 4) is 17.7 Å². The molecule has 5 rings (SSSR count). The lowest BCUT2D eigenvalue weighted by atomic mass is 9.85. The normalized spacial score (nSPS) is 23.5. The second-order valence-corrected chi connectivity index (χ2v) is 9.58. The van der Waals surface area contributed by atoms with Crippen molar-refractivity contribution in [3.05, 3.63) is 35.5 Å². The average Bonchev–Trinajstić information content (AvgIpc) is 3.46. The van der Waals surface area contributed by atoms with Crippen molar-refractivity contribution in [2.75, 3.05) is 23.9 Å². The zero-order valence-corrected chi connectivity index (χ0v) is 20.0. The minimum atomic E-state index is -0.666. The molecular formula is C26H29N5O4. The Morgan fingerprint density at radius 3 is 2.77 bits per heavy atom. The van der Waals surface area contributed by atoms with E-state index in [9.17, 15) is 15.2 Å². The van der Waals surface area contributed by atoms with Crippen molar-refractivity contribution in [3.63, 3.8) is 0 Å². The maximum absolute atomic E-state index is 12.1. The fraction of sp³-hybridized carbons (Fsp3) is 0.462. The monoisotopic (exact) mass is 475 g/mol. The molecule has 2 heterocycles. The number of carbonyl (C=O) groups excluding carboxylic acids is 1. The molecule has 0 atom stereocenters. The van der Waals surface area contributed by atoms with Gasteiger partial charge in [0.05, 0.1) is 41.3 Å². The van der Waals surface area contributed by atoms with Gasteiger partial charge in [-0.25, -0.2) is 4.98 Å². The number of allylic oxidation sites excluding steroid dienone is 2. The van der Waals surface area contributed by atoms with Crippen LogP contribution in [-0.4, -0.2) is 46.3 Å². The number of fused-ring (bicyclic) bond motifs is 1. The highest BCUT2D eigenvalue weighted by Gasteiger charge is 2.32. The van der Waals surface area contributed by atoms with Gasteiger partial charge in [0.2, 0.25) is 17.7 Å². The molecule has 0 unspecified atom stereocenters. The molecule has 2 aliphatic carbocycles. The quantitative estimate of drug-likeness (QED) is 0.646. The molecule has 0 radical (unpaired) electrons. The first kappa shape index (κ1) is 23.1. The van der Waals surface area contributed by atoms with Gasteiger partial charge in [0, 0.05) is 31.1 Å². The van der Waals surface area contributed by atoms with E-state index in [1.807, 2.05) is 31.2 Å². The zero-order valence-electron chi connectivity index (χ0n) is 20.0. The first-order valence-electron chi connectivity index (χ1n) is 12.0. The van der Waals surface area contributed by atoms with E-state index in [1.54, 1.807) is 12.0 Å². The summed E-state index contributed by atoms with van der Waals surface area (Å²) in [7, 11) is 1.58. The summed E-state index contributed by atoms with van der Waals surface area (Å²) in [6, 6.07) is 7.78. The van der Waals surface area contributed by atoms with Crippen LogP contribution in [0.5, 0.6) is 11.6 Å². The van der Waals surface area contributed by atoms with Crippen LogP contribution in [-0.2, 0) is 11.2 Å². The van der Waals surface area contributed by atoms with E-state index in [0.29, 0.717) is 79.5 Å². The molecule has 1 aliphatic heterocycles. The van der Waals surface area contributed by atoms with E-state index in [1.165, 1.54) is 0 Å². The van der Waals surface area contributed by atoms with Gasteiger partial charge < -0.3 is 24.8 Å². The number of aliphatic hydroxyl groups is 1. The van der Waals surface area contributed by atoms with Gasteiger partial charge in [0.25, 0.3) is 0 Å². The third-order valence-electron chi connectivity index (χ3n) is 6.94. The summed E-state index contributed by atoms with van der Waals surface area (Å²) >= 11 is 0. The largest absolute Gasteiger partial charge is 0.494 e. The number of methoxy groups -OCH3 is 1. The van der Waals surface area contributed by atoms with Gasteiger partial charge in [0.15, 0.2) is 0 Å². The third-order valence-corrected chi connectivity index (χ3v) is 6.94. The standard InChI is InChI=1S/C26H29N5O4/c1-26(33)11-9-18(10-12-26)35-24-23-16(15-27)5-7-20(23)29-25(30-24)28-19-8-6-17(14-21(19)34-2)31-13-3-4-22(31)32/h5-6,8,14,18,33H,3-4,7,9-13H2,1-2H3,(H,28,29,30)/t18-,26+. The van der Waals surface area contributed by atoms with Crippen LogP contribution in [0.1, 0.15) is 56.7 Å². The fourth-order valence-electron chi connectivity index (χ4n) is 4.93. The lowest BCUT2D eigenvalue weighted by molar-refractivity contribution is -0.117. The molecule has 0 bridgehead atoms. The molecule has 9 heteroatoms. The van der Waals surface area contributed by atoms with Gasteiger partial charge in [-0.15, -0.1) is 0 Å². The Morgan fingerprint density at radius 2 is 2.09 bits per heavy atom. The van der Waals surface area contributed by atoms with Crippen LogP contribution < -0.4 is 19.7 Å². The number of benzene rings is 1. The summed E-state index contributed by atoms with van der Waals surface area (Å²) in [6.45, 7) is 2.55. The number of nitriles is 1. The molecule has 182 valence electrons. The minimum Gasteiger partial charge on any atom is -0.494 e. The highest BCUT2D eigenvalue weighted by Crippen LogP contribution is 2.38. The van der Waals surface area contributed by atoms with E-state index in [2.05, 4.69) is 21.4 Å². The van der Waals surface area contributed by atoms with E-state index in [-0.39, 0.29) is 12.0 Å². The summed E-state index contributed by atoms with van der Waals surface area (Å²) in [5, 5.41) is 23.1. The number of hydrogen-bond donors (Lipinski definition) is 2. The van der Waals surface area contributed by atoms with Crippen LogP contribution >= 0.6 is 0 Å². The smallest absolute Gasteiger partial charge is 0.230 e. The predicted octanol–water partition coefficient (Wildman–Crippen LogP) is 3.89. The molecule has 1 aromatic carbocycles. The molecule has 2 aromatic rings. The van der Waals surface area contributed by atoms with Gasteiger partial charge in [-0.1, -0.05) is 6.08 Å². The Bertz CT molecular complexity index is 1220. The van der Waals surface area contributed by atoms with Crippen molar-refractivity contribution < 1.29 is 19.4 Å². The Balaban J connectivity index is 1.42. The maximum atomic E-state index is 12.1.